The van der Waals surface area contributed by atoms with Crippen LogP contribution in [-0.2, 0) is 6.54 Å². The highest BCUT2D eigenvalue weighted by Crippen LogP contribution is 2.38. The molecule has 0 saturated carbocycles. The average molecular weight is 348 g/mol. The number of benzene rings is 1. The summed E-state index contributed by atoms with van der Waals surface area (Å²) in [5, 5.41) is 14.2. The minimum absolute atomic E-state index is 0.279. The number of aryl methyl sites for hydroxylation is 1. The standard InChI is InChI=1S/C19H20N6O/c1-26-15-7-5-14(6-8-15)17-4-2-10-24(17)18-16-12-23-25(11-3-9-20)19(16)22-13-21-18/h5-8,12-13,17H,2-4,10-11H2,1H3. The number of rotatable bonds is 5. The van der Waals surface area contributed by atoms with E-state index in [9.17, 15) is 0 Å². The van der Waals surface area contributed by atoms with E-state index in [0.717, 1.165) is 42.0 Å². The molecule has 2 aromatic heterocycles. The molecule has 3 aromatic rings. The summed E-state index contributed by atoms with van der Waals surface area (Å²) < 4.78 is 7.05. The molecular formula is C19H20N6O. The summed E-state index contributed by atoms with van der Waals surface area (Å²) in [5.41, 5.74) is 2.04. The van der Waals surface area contributed by atoms with E-state index in [1.165, 1.54) is 5.56 Å². The zero-order chi connectivity index (χ0) is 17.9. The number of aromatic nitrogens is 4. The second kappa shape index (κ2) is 7.00. The van der Waals surface area contributed by atoms with Gasteiger partial charge in [0.1, 0.15) is 17.9 Å². The van der Waals surface area contributed by atoms with Crippen molar-refractivity contribution in [2.75, 3.05) is 18.6 Å². The number of nitrogens with zero attached hydrogens (tertiary/aromatic N) is 6. The van der Waals surface area contributed by atoms with Crippen LogP contribution < -0.4 is 9.64 Å². The second-order valence-electron chi connectivity index (χ2n) is 6.33. The smallest absolute Gasteiger partial charge is 0.163 e. The molecule has 0 spiro atoms. The Morgan fingerprint density at radius 3 is 2.88 bits per heavy atom. The van der Waals surface area contributed by atoms with Crippen molar-refractivity contribution >= 4 is 16.9 Å². The van der Waals surface area contributed by atoms with Gasteiger partial charge in [-0.1, -0.05) is 12.1 Å². The number of hydrogen-bond acceptors (Lipinski definition) is 6. The molecule has 0 bridgehead atoms. The Balaban J connectivity index is 1.69. The van der Waals surface area contributed by atoms with Crippen LogP contribution in [0.5, 0.6) is 5.75 Å². The van der Waals surface area contributed by atoms with Gasteiger partial charge in [0.2, 0.25) is 0 Å². The Morgan fingerprint density at radius 1 is 1.27 bits per heavy atom. The van der Waals surface area contributed by atoms with Crippen LogP contribution in [-0.4, -0.2) is 33.4 Å². The molecule has 3 heterocycles. The molecule has 7 heteroatoms. The molecule has 132 valence electrons. The molecule has 0 amide bonds. The zero-order valence-corrected chi connectivity index (χ0v) is 14.7. The molecule has 1 saturated heterocycles. The molecule has 7 nitrogen and oxygen atoms in total. The highest BCUT2D eigenvalue weighted by atomic mass is 16.5. The first kappa shape index (κ1) is 16.3. The number of anilines is 1. The molecule has 0 N–H and O–H groups in total. The third kappa shape index (κ3) is 2.84. The molecule has 1 fully saturated rings. The number of ether oxygens (including phenoxy) is 1. The number of hydrogen-bond donors (Lipinski definition) is 0. The topological polar surface area (TPSA) is 79.9 Å². The summed E-state index contributed by atoms with van der Waals surface area (Å²) in [5.74, 6) is 1.78. The van der Waals surface area contributed by atoms with Gasteiger partial charge in [0.15, 0.2) is 5.65 Å². The lowest BCUT2D eigenvalue weighted by atomic mass is 10.0. The van der Waals surface area contributed by atoms with Crippen molar-refractivity contribution in [2.24, 2.45) is 0 Å². The van der Waals surface area contributed by atoms with Crippen molar-refractivity contribution in [3.63, 3.8) is 0 Å². The van der Waals surface area contributed by atoms with Crippen LogP contribution in [0.3, 0.4) is 0 Å². The van der Waals surface area contributed by atoms with E-state index >= 15 is 0 Å². The molecule has 1 aliphatic heterocycles. The van der Waals surface area contributed by atoms with Gasteiger partial charge in [-0.05, 0) is 30.5 Å². The van der Waals surface area contributed by atoms with Crippen LogP contribution >= 0.6 is 0 Å². The minimum Gasteiger partial charge on any atom is -0.497 e. The average Bonchev–Trinajstić information content (AvgIpc) is 3.33. The fraction of sp³-hybridized carbons (Fsp3) is 0.368. The monoisotopic (exact) mass is 348 g/mol. The summed E-state index contributed by atoms with van der Waals surface area (Å²) in [6, 6.07) is 10.7. The lowest BCUT2D eigenvalue weighted by Crippen LogP contribution is -2.23. The zero-order valence-electron chi connectivity index (χ0n) is 14.7. The van der Waals surface area contributed by atoms with Crippen molar-refractivity contribution in [3.05, 3.63) is 42.4 Å². The SMILES string of the molecule is COc1ccc(C2CCCN2c2ncnc3c2cnn3CCC#N)cc1. The Morgan fingerprint density at radius 2 is 2.12 bits per heavy atom. The summed E-state index contributed by atoms with van der Waals surface area (Å²) in [6.45, 7) is 1.49. The molecule has 0 radical (unpaired) electrons. The highest BCUT2D eigenvalue weighted by Gasteiger charge is 2.29. The van der Waals surface area contributed by atoms with Gasteiger partial charge < -0.3 is 9.64 Å². The van der Waals surface area contributed by atoms with Crippen molar-refractivity contribution in [2.45, 2.75) is 31.8 Å². The van der Waals surface area contributed by atoms with E-state index in [-0.39, 0.29) is 6.04 Å². The lowest BCUT2D eigenvalue weighted by molar-refractivity contribution is 0.414. The van der Waals surface area contributed by atoms with Crippen molar-refractivity contribution in [3.8, 4) is 11.8 Å². The number of methoxy groups -OCH3 is 1. The van der Waals surface area contributed by atoms with Gasteiger partial charge in [-0.3, -0.25) is 0 Å². The Labute approximate surface area is 151 Å². The molecule has 26 heavy (non-hydrogen) atoms. The number of fused-ring (bicyclic) bond motifs is 1. The Kier molecular flexibility index (Phi) is 4.40. The molecule has 4 rings (SSSR count). The quantitative estimate of drug-likeness (QED) is 0.705. The van der Waals surface area contributed by atoms with Gasteiger partial charge >= 0.3 is 0 Å². The minimum atomic E-state index is 0.279. The maximum Gasteiger partial charge on any atom is 0.163 e. The van der Waals surface area contributed by atoms with Crippen LogP contribution in [0, 0.1) is 11.3 Å². The third-order valence-corrected chi connectivity index (χ3v) is 4.87. The lowest BCUT2D eigenvalue weighted by Gasteiger charge is -2.26. The van der Waals surface area contributed by atoms with Crippen LogP contribution in [0.1, 0.15) is 30.9 Å². The fourth-order valence-corrected chi connectivity index (χ4v) is 3.62. The maximum absolute atomic E-state index is 8.82. The molecule has 1 unspecified atom stereocenters. The summed E-state index contributed by atoms with van der Waals surface area (Å²) in [4.78, 5) is 11.3. The number of nitriles is 1. The van der Waals surface area contributed by atoms with E-state index in [0.29, 0.717) is 13.0 Å². The van der Waals surface area contributed by atoms with Crippen LogP contribution in [0.25, 0.3) is 11.0 Å². The van der Waals surface area contributed by atoms with Crippen molar-refractivity contribution in [1.82, 2.24) is 19.7 Å². The van der Waals surface area contributed by atoms with Gasteiger partial charge in [-0.25, -0.2) is 14.6 Å². The molecule has 1 aromatic carbocycles. The Hall–Kier alpha value is -3.14. The van der Waals surface area contributed by atoms with E-state index in [4.69, 9.17) is 10.00 Å². The molecule has 1 aliphatic rings. The summed E-state index contributed by atoms with van der Waals surface area (Å²) in [6.07, 6.45) is 6.01. The normalized spacial score (nSPS) is 16.8. The largest absolute Gasteiger partial charge is 0.497 e. The summed E-state index contributed by atoms with van der Waals surface area (Å²) in [7, 11) is 1.68. The van der Waals surface area contributed by atoms with Gasteiger partial charge in [0, 0.05) is 6.54 Å². The summed E-state index contributed by atoms with van der Waals surface area (Å²) >= 11 is 0. The van der Waals surface area contributed by atoms with E-state index < -0.39 is 0 Å². The predicted octanol–water partition coefficient (Wildman–Crippen LogP) is 3.09. The van der Waals surface area contributed by atoms with Gasteiger partial charge in [-0.2, -0.15) is 10.4 Å². The van der Waals surface area contributed by atoms with E-state index in [1.54, 1.807) is 18.1 Å². The van der Waals surface area contributed by atoms with Crippen molar-refractivity contribution < 1.29 is 4.74 Å². The van der Waals surface area contributed by atoms with Gasteiger partial charge in [0.05, 0.1) is 43.8 Å². The predicted molar refractivity (Wildman–Crippen MR) is 97.9 cm³/mol. The molecule has 0 aliphatic carbocycles. The van der Waals surface area contributed by atoms with Gasteiger partial charge in [0.25, 0.3) is 0 Å². The first-order valence-electron chi connectivity index (χ1n) is 8.76. The van der Waals surface area contributed by atoms with E-state index in [1.807, 2.05) is 18.3 Å². The molecular weight excluding hydrogens is 328 g/mol. The van der Waals surface area contributed by atoms with Crippen LogP contribution in [0.4, 0.5) is 5.82 Å². The van der Waals surface area contributed by atoms with Crippen LogP contribution in [0.2, 0.25) is 0 Å². The third-order valence-electron chi connectivity index (χ3n) is 4.87. The maximum atomic E-state index is 8.82. The van der Waals surface area contributed by atoms with E-state index in [2.05, 4.69) is 38.2 Å². The highest BCUT2D eigenvalue weighted by molar-refractivity contribution is 5.87. The van der Waals surface area contributed by atoms with Crippen LogP contribution in [0.15, 0.2) is 36.8 Å². The second-order valence-corrected chi connectivity index (χ2v) is 6.33. The van der Waals surface area contributed by atoms with Gasteiger partial charge in [-0.15, -0.1) is 0 Å². The Bertz CT molecular complexity index is 943. The molecule has 1 atom stereocenters. The van der Waals surface area contributed by atoms with Crippen molar-refractivity contribution in [1.29, 1.82) is 5.26 Å². The first-order chi connectivity index (χ1) is 12.8. The first-order valence-corrected chi connectivity index (χ1v) is 8.76. The fourth-order valence-electron chi connectivity index (χ4n) is 3.62.